The number of hydrogen-bond acceptors (Lipinski definition) is 6. The van der Waals surface area contributed by atoms with Crippen molar-refractivity contribution in [1.82, 2.24) is 9.97 Å². The predicted molar refractivity (Wildman–Crippen MR) is 162 cm³/mol. The molecule has 1 aromatic heterocycles. The molecule has 5 aromatic rings. The SMILES string of the molecule is COc1cc(/C=C(\C#N)c2nc3cc(C)c(C)cc3[nH]2)ccc1OCC(=O)Nc1ccccc1C(=O)c1ccccc1. The van der Waals surface area contributed by atoms with E-state index in [-0.39, 0.29) is 12.4 Å². The first kappa shape index (κ1) is 27.9. The number of rotatable bonds is 9. The highest BCUT2D eigenvalue weighted by Gasteiger charge is 2.16. The van der Waals surface area contributed by atoms with Crippen LogP contribution >= 0.6 is 0 Å². The largest absolute Gasteiger partial charge is 0.493 e. The molecule has 0 saturated carbocycles. The molecule has 1 heterocycles. The number of anilines is 1. The van der Waals surface area contributed by atoms with Crippen LogP contribution in [0.3, 0.4) is 0 Å². The Kier molecular flexibility index (Phi) is 8.12. The molecule has 0 aliphatic rings. The molecule has 42 heavy (non-hydrogen) atoms. The van der Waals surface area contributed by atoms with E-state index < -0.39 is 5.91 Å². The number of allylic oxidation sites excluding steroid dienone is 1. The molecule has 0 saturated heterocycles. The highest BCUT2D eigenvalue weighted by atomic mass is 16.5. The van der Waals surface area contributed by atoms with Gasteiger partial charge in [-0.1, -0.05) is 48.5 Å². The molecule has 0 radical (unpaired) electrons. The number of fused-ring (bicyclic) bond motifs is 1. The van der Waals surface area contributed by atoms with Crippen LogP contribution < -0.4 is 14.8 Å². The van der Waals surface area contributed by atoms with E-state index in [9.17, 15) is 14.9 Å². The van der Waals surface area contributed by atoms with Gasteiger partial charge in [-0.25, -0.2) is 4.98 Å². The zero-order valence-electron chi connectivity index (χ0n) is 23.4. The molecular formula is C34H28N4O4. The number of aryl methyl sites for hydroxylation is 2. The Bertz CT molecular complexity index is 1830. The van der Waals surface area contributed by atoms with Crippen molar-refractivity contribution in [3.8, 4) is 17.6 Å². The number of nitrogens with zero attached hydrogens (tertiary/aromatic N) is 2. The summed E-state index contributed by atoms with van der Waals surface area (Å²) in [6, 6.07) is 27.1. The van der Waals surface area contributed by atoms with Crippen LogP contribution in [0.2, 0.25) is 0 Å². The van der Waals surface area contributed by atoms with Crippen LogP contribution in [0.5, 0.6) is 11.5 Å². The van der Waals surface area contributed by atoms with Crippen molar-refractivity contribution < 1.29 is 19.1 Å². The van der Waals surface area contributed by atoms with Gasteiger partial charge >= 0.3 is 0 Å². The van der Waals surface area contributed by atoms with E-state index in [0.717, 1.165) is 22.2 Å². The molecule has 0 spiro atoms. The smallest absolute Gasteiger partial charge is 0.262 e. The number of methoxy groups -OCH3 is 1. The molecule has 2 N–H and O–H groups in total. The van der Waals surface area contributed by atoms with E-state index in [4.69, 9.17) is 9.47 Å². The highest BCUT2D eigenvalue weighted by Crippen LogP contribution is 2.30. The van der Waals surface area contributed by atoms with Crippen LogP contribution in [0, 0.1) is 25.2 Å². The van der Waals surface area contributed by atoms with Gasteiger partial charge in [-0.3, -0.25) is 9.59 Å². The van der Waals surface area contributed by atoms with Gasteiger partial charge in [0.05, 0.1) is 29.4 Å². The number of ether oxygens (including phenoxy) is 2. The lowest BCUT2D eigenvalue weighted by molar-refractivity contribution is -0.118. The van der Waals surface area contributed by atoms with Crippen LogP contribution in [0.4, 0.5) is 5.69 Å². The van der Waals surface area contributed by atoms with Crippen molar-refractivity contribution in [1.29, 1.82) is 5.26 Å². The number of aromatic amines is 1. The van der Waals surface area contributed by atoms with E-state index >= 15 is 0 Å². The highest BCUT2D eigenvalue weighted by molar-refractivity contribution is 6.13. The Balaban J connectivity index is 1.29. The normalized spacial score (nSPS) is 11.1. The Morgan fingerprint density at radius 2 is 1.69 bits per heavy atom. The van der Waals surface area contributed by atoms with Gasteiger partial charge in [0.2, 0.25) is 0 Å². The lowest BCUT2D eigenvalue weighted by Crippen LogP contribution is -2.21. The van der Waals surface area contributed by atoms with Gasteiger partial charge in [0.15, 0.2) is 23.9 Å². The maximum atomic E-state index is 13.0. The van der Waals surface area contributed by atoms with Crippen molar-refractivity contribution >= 4 is 40.1 Å². The monoisotopic (exact) mass is 556 g/mol. The van der Waals surface area contributed by atoms with Gasteiger partial charge in [0, 0.05) is 11.1 Å². The van der Waals surface area contributed by atoms with Gasteiger partial charge in [-0.15, -0.1) is 0 Å². The number of imidazole rings is 1. The van der Waals surface area contributed by atoms with Crippen molar-refractivity contribution in [2.75, 3.05) is 19.0 Å². The Labute approximate surface area is 243 Å². The van der Waals surface area contributed by atoms with Crippen molar-refractivity contribution in [3.63, 3.8) is 0 Å². The molecule has 1 amide bonds. The van der Waals surface area contributed by atoms with Crippen LogP contribution in [-0.2, 0) is 4.79 Å². The average molecular weight is 557 g/mol. The third kappa shape index (κ3) is 6.06. The summed E-state index contributed by atoms with van der Waals surface area (Å²) in [5, 5.41) is 12.6. The summed E-state index contributed by atoms with van der Waals surface area (Å²) in [6.07, 6.45) is 1.71. The zero-order valence-corrected chi connectivity index (χ0v) is 23.4. The first-order valence-corrected chi connectivity index (χ1v) is 13.2. The fraction of sp³-hybridized carbons (Fsp3) is 0.118. The van der Waals surface area contributed by atoms with E-state index in [1.54, 1.807) is 72.8 Å². The molecule has 0 aliphatic carbocycles. The summed E-state index contributed by atoms with van der Waals surface area (Å²) in [5.74, 6) is 0.592. The Morgan fingerprint density at radius 1 is 0.952 bits per heavy atom. The second-order valence-electron chi connectivity index (χ2n) is 9.70. The minimum absolute atomic E-state index is 0.192. The van der Waals surface area contributed by atoms with E-state index in [0.29, 0.717) is 45.3 Å². The fourth-order valence-electron chi connectivity index (χ4n) is 4.48. The van der Waals surface area contributed by atoms with Crippen LogP contribution in [-0.4, -0.2) is 35.4 Å². The molecule has 4 aromatic carbocycles. The number of hydrogen-bond donors (Lipinski definition) is 2. The number of ketones is 1. The Morgan fingerprint density at radius 3 is 2.45 bits per heavy atom. The molecule has 208 valence electrons. The minimum atomic E-state index is -0.434. The number of amides is 1. The zero-order chi connectivity index (χ0) is 29.6. The van der Waals surface area contributed by atoms with Crippen LogP contribution in [0.25, 0.3) is 22.7 Å². The number of benzene rings is 4. The predicted octanol–water partition coefficient (Wildman–Crippen LogP) is 6.50. The number of carbonyl (C=O) groups is 2. The maximum Gasteiger partial charge on any atom is 0.262 e. The number of nitrogens with one attached hydrogen (secondary N) is 2. The number of carbonyl (C=O) groups excluding carboxylic acids is 2. The van der Waals surface area contributed by atoms with E-state index in [1.807, 2.05) is 32.0 Å². The van der Waals surface area contributed by atoms with Gasteiger partial charge in [0.1, 0.15) is 11.9 Å². The lowest BCUT2D eigenvalue weighted by Gasteiger charge is -2.13. The summed E-state index contributed by atoms with van der Waals surface area (Å²) in [4.78, 5) is 33.6. The molecule has 5 rings (SSSR count). The maximum absolute atomic E-state index is 13.0. The van der Waals surface area contributed by atoms with Crippen molar-refractivity contribution in [2.45, 2.75) is 13.8 Å². The number of nitriles is 1. The fourth-order valence-corrected chi connectivity index (χ4v) is 4.48. The van der Waals surface area contributed by atoms with E-state index in [2.05, 4.69) is 21.4 Å². The summed E-state index contributed by atoms with van der Waals surface area (Å²) in [6.45, 7) is 3.75. The molecular weight excluding hydrogens is 528 g/mol. The lowest BCUT2D eigenvalue weighted by atomic mass is 10.0. The number of aromatic nitrogens is 2. The quantitative estimate of drug-likeness (QED) is 0.158. The first-order valence-electron chi connectivity index (χ1n) is 13.2. The number of H-pyrrole nitrogens is 1. The molecule has 0 aliphatic heterocycles. The molecule has 0 fully saturated rings. The second-order valence-corrected chi connectivity index (χ2v) is 9.70. The van der Waals surface area contributed by atoms with Gasteiger partial charge in [-0.2, -0.15) is 5.26 Å². The third-order valence-electron chi connectivity index (χ3n) is 6.81. The molecule has 8 heteroatoms. The third-order valence-corrected chi connectivity index (χ3v) is 6.81. The summed E-state index contributed by atoms with van der Waals surface area (Å²) >= 11 is 0. The second kappa shape index (κ2) is 12.2. The summed E-state index contributed by atoms with van der Waals surface area (Å²) < 4.78 is 11.2. The van der Waals surface area contributed by atoms with E-state index in [1.165, 1.54) is 7.11 Å². The van der Waals surface area contributed by atoms with Crippen LogP contribution in [0.1, 0.15) is 38.4 Å². The molecule has 8 nitrogen and oxygen atoms in total. The number of para-hydroxylation sites is 1. The molecule has 0 unspecified atom stereocenters. The minimum Gasteiger partial charge on any atom is -0.493 e. The standard InChI is InChI=1S/C34H28N4O4/c1-21-15-28-29(16-22(21)2)38-34(37-28)25(19-35)17-23-13-14-30(31(18-23)41-3)42-20-32(39)36-27-12-8-7-11-26(27)33(40)24-9-5-4-6-10-24/h4-18H,20H2,1-3H3,(H,36,39)(H,37,38)/b25-17+. The van der Waals surface area contributed by atoms with Gasteiger partial charge in [-0.05, 0) is 73.0 Å². The van der Waals surface area contributed by atoms with Gasteiger partial charge in [0.25, 0.3) is 5.91 Å². The van der Waals surface area contributed by atoms with Crippen molar-refractivity contribution in [3.05, 3.63) is 119 Å². The van der Waals surface area contributed by atoms with Crippen molar-refractivity contribution in [2.24, 2.45) is 0 Å². The first-order chi connectivity index (χ1) is 20.4. The van der Waals surface area contributed by atoms with Crippen LogP contribution in [0.15, 0.2) is 84.9 Å². The molecule has 0 atom stereocenters. The summed E-state index contributed by atoms with van der Waals surface area (Å²) in [7, 11) is 1.50. The topological polar surface area (TPSA) is 117 Å². The average Bonchev–Trinajstić information content (AvgIpc) is 3.41. The Hall–Kier alpha value is -5.68. The summed E-state index contributed by atoms with van der Waals surface area (Å²) in [5.41, 5.74) is 6.28. The van der Waals surface area contributed by atoms with Gasteiger partial charge < -0.3 is 19.8 Å². The molecule has 0 bridgehead atoms.